The monoisotopic (exact) mass is 412 g/mol. The number of H-pyrrole nitrogens is 1. The minimum atomic E-state index is 0.610. The van der Waals surface area contributed by atoms with Crippen LogP contribution in [0, 0.1) is 0 Å². The van der Waals surface area contributed by atoms with Crippen molar-refractivity contribution in [2.24, 2.45) is 0 Å². The highest BCUT2D eigenvalue weighted by atomic mass is 35.5. The number of aromatic amines is 1. The molecule has 0 saturated carbocycles. The summed E-state index contributed by atoms with van der Waals surface area (Å²) in [7, 11) is 0. The third kappa shape index (κ3) is 3.16. The molecule has 0 aliphatic carbocycles. The van der Waals surface area contributed by atoms with E-state index >= 15 is 0 Å². The summed E-state index contributed by atoms with van der Waals surface area (Å²) in [6.07, 6.45) is 3.80. The van der Waals surface area contributed by atoms with E-state index in [1.54, 1.807) is 18.0 Å². The fourth-order valence-corrected chi connectivity index (χ4v) is 4.43. The van der Waals surface area contributed by atoms with Crippen molar-refractivity contribution < 1.29 is 0 Å². The summed E-state index contributed by atoms with van der Waals surface area (Å²) in [6.45, 7) is 0. The lowest BCUT2D eigenvalue weighted by molar-refractivity contribution is 1.12. The molecular weight excluding hydrogens is 400 g/mol. The Bertz CT molecular complexity index is 1150. The maximum Gasteiger partial charge on any atom is 0.207 e. The molecule has 0 atom stereocenters. The van der Waals surface area contributed by atoms with Crippen molar-refractivity contribution in [3.8, 4) is 11.4 Å². The number of halogens is 1. The molecule has 2 aromatic carbocycles. The van der Waals surface area contributed by atoms with Crippen LogP contribution >= 0.6 is 34.9 Å². The van der Waals surface area contributed by atoms with Crippen LogP contribution in [-0.2, 0) is 0 Å². The first-order valence-corrected chi connectivity index (χ1v) is 10.4. The molecule has 0 amide bonds. The van der Waals surface area contributed by atoms with Gasteiger partial charge in [-0.15, -0.1) is 11.8 Å². The Morgan fingerprint density at radius 3 is 3.07 bits per heavy atom. The van der Waals surface area contributed by atoms with E-state index in [9.17, 15) is 0 Å². The first-order valence-electron chi connectivity index (χ1n) is 8.15. The van der Waals surface area contributed by atoms with Gasteiger partial charge >= 0.3 is 0 Å². The van der Waals surface area contributed by atoms with Crippen molar-refractivity contribution in [3.63, 3.8) is 0 Å². The zero-order valence-electron chi connectivity index (χ0n) is 13.9. The normalized spacial score (nSPS) is 13.6. The van der Waals surface area contributed by atoms with Crippen molar-refractivity contribution in [2.75, 3.05) is 16.1 Å². The topological polar surface area (TPSA) is 69.7 Å². The summed E-state index contributed by atoms with van der Waals surface area (Å²) in [4.78, 5) is 6.82. The number of aromatic nitrogens is 4. The molecule has 134 valence electrons. The molecule has 0 unspecified atom stereocenters. The van der Waals surface area contributed by atoms with Gasteiger partial charge in [0.05, 0.1) is 28.3 Å². The zero-order chi connectivity index (χ0) is 18.2. The summed E-state index contributed by atoms with van der Waals surface area (Å²) >= 11 is 9.55. The lowest BCUT2D eigenvalue weighted by atomic mass is 10.2. The minimum Gasteiger partial charge on any atom is -0.337 e. The molecule has 5 rings (SSSR count). The van der Waals surface area contributed by atoms with Gasteiger partial charge in [0.15, 0.2) is 5.82 Å². The second-order valence-corrected chi connectivity index (χ2v) is 7.90. The van der Waals surface area contributed by atoms with Crippen molar-refractivity contribution in [1.29, 1.82) is 0 Å². The summed E-state index contributed by atoms with van der Waals surface area (Å²) in [5, 5.41) is 14.5. The van der Waals surface area contributed by atoms with Crippen LogP contribution in [0.1, 0.15) is 0 Å². The van der Waals surface area contributed by atoms with E-state index in [0.29, 0.717) is 16.0 Å². The van der Waals surface area contributed by atoms with Gasteiger partial charge < -0.3 is 10.2 Å². The van der Waals surface area contributed by atoms with Crippen LogP contribution < -0.4 is 10.2 Å². The minimum absolute atomic E-state index is 0.610. The van der Waals surface area contributed by atoms with E-state index in [4.69, 9.17) is 11.6 Å². The zero-order valence-corrected chi connectivity index (χ0v) is 16.3. The summed E-state index contributed by atoms with van der Waals surface area (Å²) in [5.41, 5.74) is 3.79. The maximum absolute atomic E-state index is 6.47. The van der Waals surface area contributed by atoms with Crippen molar-refractivity contribution in [3.05, 3.63) is 59.2 Å². The Kier molecular flexibility index (Phi) is 4.23. The summed E-state index contributed by atoms with van der Waals surface area (Å²) < 4.78 is 4.50. The molecule has 4 aromatic rings. The molecule has 0 bridgehead atoms. The number of rotatable bonds is 4. The molecule has 9 heteroatoms. The molecule has 0 saturated heterocycles. The Balaban J connectivity index is 1.42. The third-order valence-electron chi connectivity index (χ3n) is 4.21. The van der Waals surface area contributed by atoms with Gasteiger partial charge in [-0.2, -0.15) is 14.5 Å². The van der Waals surface area contributed by atoms with Crippen molar-refractivity contribution in [2.45, 2.75) is 0 Å². The largest absolute Gasteiger partial charge is 0.337 e. The lowest BCUT2D eigenvalue weighted by Gasteiger charge is -2.15. The number of fused-ring (bicyclic) bond motifs is 1. The number of thioether (sulfide) groups is 1. The first kappa shape index (κ1) is 16.6. The predicted octanol–water partition coefficient (Wildman–Crippen LogP) is 5.46. The number of nitrogens with one attached hydrogen (secondary N) is 2. The van der Waals surface area contributed by atoms with Crippen LogP contribution in [0.4, 0.5) is 16.5 Å². The highest BCUT2D eigenvalue weighted by Gasteiger charge is 2.13. The second kappa shape index (κ2) is 6.88. The number of nitrogens with zero attached hydrogens (tertiary/aromatic N) is 4. The average molecular weight is 413 g/mol. The van der Waals surface area contributed by atoms with Crippen LogP contribution in [0.5, 0.6) is 0 Å². The highest BCUT2D eigenvalue weighted by molar-refractivity contribution is 8.02. The molecule has 27 heavy (non-hydrogen) atoms. The molecular formula is C18H13ClN6S2. The van der Waals surface area contributed by atoms with Crippen LogP contribution in [0.2, 0.25) is 5.02 Å². The lowest BCUT2D eigenvalue weighted by Crippen LogP contribution is -2.10. The molecule has 1 aliphatic heterocycles. The number of hydrogen-bond donors (Lipinski definition) is 2. The fourth-order valence-electron chi connectivity index (χ4n) is 2.85. The quantitative estimate of drug-likeness (QED) is 0.463. The van der Waals surface area contributed by atoms with E-state index in [-0.39, 0.29) is 0 Å². The van der Waals surface area contributed by atoms with Gasteiger partial charge in [-0.05, 0) is 29.7 Å². The van der Waals surface area contributed by atoms with E-state index in [2.05, 4.69) is 53.5 Å². The summed E-state index contributed by atoms with van der Waals surface area (Å²) in [5.74, 6) is 1.62. The van der Waals surface area contributed by atoms with Gasteiger partial charge in [0.25, 0.3) is 0 Å². The van der Waals surface area contributed by atoms with Gasteiger partial charge in [-0.25, -0.2) is 0 Å². The van der Waals surface area contributed by atoms with Crippen molar-refractivity contribution >= 4 is 62.3 Å². The first-order chi connectivity index (χ1) is 13.3. The smallest absolute Gasteiger partial charge is 0.207 e. The van der Waals surface area contributed by atoms with Crippen LogP contribution in [0.25, 0.3) is 22.3 Å². The fraction of sp³-hybridized carbons (Fsp3) is 0.0556. The number of benzene rings is 2. The molecule has 0 fully saturated rings. The van der Waals surface area contributed by atoms with Crippen LogP contribution in [0.3, 0.4) is 0 Å². The standard InChI is InChI=1S/C18H13ClN6S2/c19-16-13-9-20-23-14(13)4-5-15(16)21-18-22-17(24-27-18)11-2-1-3-12(8-11)25-6-7-26-10-25/h1-9H,10H2,(H,20,23)(H,21,22,24). The second-order valence-electron chi connectivity index (χ2n) is 5.91. The predicted molar refractivity (Wildman–Crippen MR) is 114 cm³/mol. The highest BCUT2D eigenvalue weighted by Crippen LogP contribution is 2.34. The third-order valence-corrected chi connectivity index (χ3v) is 5.99. The Morgan fingerprint density at radius 2 is 2.19 bits per heavy atom. The van der Waals surface area contributed by atoms with Gasteiger partial charge in [-0.1, -0.05) is 23.7 Å². The maximum atomic E-state index is 6.47. The SMILES string of the molecule is Clc1c(Nc2nc(-c3cccc(N4C=CSC4)c3)ns2)ccc2[nH]ncc12. The van der Waals surface area contributed by atoms with Gasteiger partial charge in [0.2, 0.25) is 5.13 Å². The van der Waals surface area contributed by atoms with E-state index < -0.39 is 0 Å². The molecule has 3 heterocycles. The van der Waals surface area contributed by atoms with E-state index in [1.165, 1.54) is 11.5 Å². The van der Waals surface area contributed by atoms with E-state index in [1.807, 2.05) is 24.3 Å². The van der Waals surface area contributed by atoms with Crippen molar-refractivity contribution in [1.82, 2.24) is 19.6 Å². The molecule has 1 aliphatic rings. The number of anilines is 3. The Morgan fingerprint density at radius 1 is 1.22 bits per heavy atom. The molecule has 0 spiro atoms. The van der Waals surface area contributed by atoms with Crippen LogP contribution in [-0.4, -0.2) is 25.4 Å². The van der Waals surface area contributed by atoms with Crippen LogP contribution in [0.15, 0.2) is 54.2 Å². The molecule has 2 N–H and O–H groups in total. The van der Waals surface area contributed by atoms with Gasteiger partial charge in [0, 0.05) is 34.4 Å². The Hall–Kier alpha value is -2.55. The van der Waals surface area contributed by atoms with E-state index in [0.717, 1.165) is 33.7 Å². The molecule has 0 radical (unpaired) electrons. The Labute approximate surface area is 168 Å². The average Bonchev–Trinajstić information content (AvgIpc) is 3.46. The van der Waals surface area contributed by atoms with Gasteiger partial charge in [-0.3, -0.25) is 5.10 Å². The molecule has 2 aromatic heterocycles. The number of hydrogen-bond acceptors (Lipinski definition) is 7. The molecule has 6 nitrogen and oxygen atoms in total. The summed E-state index contributed by atoms with van der Waals surface area (Å²) in [6, 6.07) is 12.1. The van der Waals surface area contributed by atoms with Gasteiger partial charge in [0.1, 0.15) is 0 Å².